The Morgan fingerprint density at radius 1 is 0.797 bits per heavy atom. The minimum atomic E-state index is -1.53. The van der Waals surface area contributed by atoms with Crippen LogP contribution < -0.4 is 21.3 Å². The number of nitrogens with one attached hydrogen (secondary N) is 4. The van der Waals surface area contributed by atoms with Gasteiger partial charge in [-0.2, -0.15) is 0 Å². The second-order valence-electron chi connectivity index (χ2n) is 21.2. The standard InChI is InChI=1S/C54H75N9O11/c1-13-15-19-37-46(65)58-39(28-35-29-61(54(9,10)14-2)40-20-17-16-18-36(35)40)52(71)59(11)42(23-30(3)4)48(67)57-38(26-34-21-22-45(64)41(27-34)63(73)74)47(66)55-33(8)51(70)60(12)44-25-32(7)50(69)62(53(44)72)43(24-31(5)6)49(68)56-37/h13-18,20-22,27,29-33,37-39,42-44,50,64,69H,2,19,23-26,28H2,1,3-12H3,(H,55,66)(H,56,68)(H,57,67)(H,58,65)/b15-13+/t32-,33-,37-,38-,39-,42-,43-,44-,50+/m0/s1. The summed E-state index contributed by atoms with van der Waals surface area (Å²) in [6.45, 7) is 20.1. The van der Waals surface area contributed by atoms with Crippen LogP contribution in [0.1, 0.15) is 99.1 Å². The number of rotatable bonds is 13. The van der Waals surface area contributed by atoms with E-state index in [1.165, 1.54) is 32.0 Å². The Hall–Kier alpha value is -7.09. The van der Waals surface area contributed by atoms with Crippen LogP contribution in [-0.4, -0.2) is 138 Å². The van der Waals surface area contributed by atoms with Gasteiger partial charge >= 0.3 is 5.69 Å². The van der Waals surface area contributed by atoms with Crippen LogP contribution in [0.2, 0.25) is 0 Å². The molecule has 2 aromatic carbocycles. The second-order valence-corrected chi connectivity index (χ2v) is 21.2. The van der Waals surface area contributed by atoms with Crippen molar-refractivity contribution in [3.63, 3.8) is 0 Å². The highest BCUT2D eigenvalue weighted by molar-refractivity contribution is 5.99. The van der Waals surface area contributed by atoms with Crippen LogP contribution in [-0.2, 0) is 51.9 Å². The third kappa shape index (κ3) is 13.2. The van der Waals surface area contributed by atoms with E-state index < -0.39 is 118 Å². The van der Waals surface area contributed by atoms with Crippen molar-refractivity contribution < 1.29 is 48.7 Å². The van der Waals surface area contributed by atoms with Gasteiger partial charge in [0.15, 0.2) is 5.75 Å². The molecular weight excluding hydrogens is 951 g/mol. The Morgan fingerprint density at radius 3 is 2.01 bits per heavy atom. The lowest BCUT2D eigenvalue weighted by Crippen LogP contribution is -2.66. The van der Waals surface area contributed by atoms with Crippen LogP contribution in [0.5, 0.6) is 5.75 Å². The maximum absolute atomic E-state index is 15.3. The summed E-state index contributed by atoms with van der Waals surface area (Å²) < 4.78 is 2.01. The van der Waals surface area contributed by atoms with Crippen LogP contribution in [0.3, 0.4) is 0 Å². The van der Waals surface area contributed by atoms with Gasteiger partial charge < -0.3 is 50.7 Å². The van der Waals surface area contributed by atoms with Crippen LogP contribution in [0.25, 0.3) is 10.9 Å². The van der Waals surface area contributed by atoms with Crippen LogP contribution in [0.15, 0.2) is 73.5 Å². The van der Waals surface area contributed by atoms with Crippen molar-refractivity contribution in [2.45, 2.75) is 155 Å². The number of phenolic OH excluding ortho intramolecular Hbond substituents is 1. The van der Waals surface area contributed by atoms with Gasteiger partial charge in [-0.15, -0.1) is 6.58 Å². The highest BCUT2D eigenvalue weighted by Crippen LogP contribution is 2.32. The number of amides is 7. The quantitative estimate of drug-likeness (QED) is 0.0803. The van der Waals surface area contributed by atoms with Gasteiger partial charge in [-0.1, -0.05) is 77.1 Å². The summed E-state index contributed by atoms with van der Waals surface area (Å²) in [6, 6.07) is 1.66. The van der Waals surface area contributed by atoms with E-state index in [-0.39, 0.29) is 55.9 Å². The van der Waals surface area contributed by atoms with E-state index in [4.69, 9.17) is 0 Å². The number of para-hydroxylation sites is 1. The molecular formula is C54H75N9O11. The number of nitro benzene ring substituents is 1. The van der Waals surface area contributed by atoms with Crippen molar-refractivity contribution in [2.75, 3.05) is 14.1 Å². The van der Waals surface area contributed by atoms with Crippen molar-refractivity contribution in [1.29, 1.82) is 0 Å². The normalized spacial score (nSPS) is 25.5. The van der Waals surface area contributed by atoms with Gasteiger partial charge in [-0.3, -0.25) is 43.7 Å². The SMILES string of the molecule is C=CC(C)(C)n1cc(C[C@@H]2NC(=O)[C@H](C/C=C/C)NC(=O)[C@H](CC(C)C)N3C(=O)[C@H](C[C@H](C)[C@H]3O)N(C)C(=O)[C@H](C)NC(=O)[C@H](Cc3ccc(O)c([N+](=O)[O-])c3)NC(=O)[C@H](CC(C)C)N(C)C2=O)c2ccccc21. The monoisotopic (exact) mass is 1030 g/mol. The molecule has 20 nitrogen and oxygen atoms in total. The Kier molecular flexibility index (Phi) is 19.0. The molecule has 7 amide bonds. The molecule has 3 heterocycles. The summed E-state index contributed by atoms with van der Waals surface area (Å²) >= 11 is 0. The maximum atomic E-state index is 15.3. The summed E-state index contributed by atoms with van der Waals surface area (Å²) in [6.07, 6.45) is 5.16. The van der Waals surface area contributed by atoms with Crippen molar-refractivity contribution in [3.8, 4) is 5.75 Å². The average Bonchev–Trinajstić information content (AvgIpc) is 3.72. The number of carbonyl (C=O) groups is 7. The Labute approximate surface area is 433 Å². The summed E-state index contributed by atoms with van der Waals surface area (Å²) in [5.41, 5.74) is 0.403. The third-order valence-electron chi connectivity index (χ3n) is 14.1. The molecule has 0 saturated carbocycles. The van der Waals surface area contributed by atoms with Crippen molar-refractivity contribution in [2.24, 2.45) is 17.8 Å². The number of nitro groups is 1. The number of fused-ring (bicyclic) bond motifs is 3. The molecule has 2 aliphatic heterocycles. The number of likely N-dealkylation sites (N-methyl/N-ethyl adjacent to an activating group) is 2. The first-order chi connectivity index (χ1) is 34.7. The van der Waals surface area contributed by atoms with E-state index in [1.807, 2.05) is 76.6 Å². The van der Waals surface area contributed by atoms with Crippen molar-refractivity contribution >= 4 is 57.9 Å². The van der Waals surface area contributed by atoms with E-state index in [2.05, 4.69) is 27.8 Å². The molecule has 5 rings (SSSR count). The Morgan fingerprint density at radius 2 is 1.39 bits per heavy atom. The first-order valence-corrected chi connectivity index (χ1v) is 25.3. The number of allylic oxidation sites excluding steroid dienone is 2. The number of aliphatic hydroxyl groups is 1. The number of aromatic nitrogens is 1. The fourth-order valence-electron chi connectivity index (χ4n) is 9.74. The predicted octanol–water partition coefficient (Wildman–Crippen LogP) is 4.20. The van der Waals surface area contributed by atoms with Gasteiger partial charge in [-0.05, 0) is 88.5 Å². The number of phenols is 1. The first-order valence-electron chi connectivity index (χ1n) is 25.3. The van der Waals surface area contributed by atoms with E-state index in [0.29, 0.717) is 5.56 Å². The Balaban J connectivity index is 1.72. The summed E-state index contributed by atoms with van der Waals surface area (Å²) in [5.74, 6) is -7.09. The molecule has 20 heteroatoms. The molecule has 0 spiro atoms. The lowest BCUT2D eigenvalue weighted by atomic mass is 9.89. The number of piperidine rings is 1. The molecule has 9 atom stereocenters. The molecule has 2 saturated heterocycles. The van der Waals surface area contributed by atoms with Gasteiger partial charge in [0, 0.05) is 56.0 Å². The average molecular weight is 1030 g/mol. The first kappa shape index (κ1) is 57.8. The zero-order chi connectivity index (χ0) is 55.1. The summed E-state index contributed by atoms with van der Waals surface area (Å²) in [4.78, 5) is 118. The number of benzene rings is 2. The van der Waals surface area contributed by atoms with Gasteiger partial charge in [0.1, 0.15) is 48.5 Å². The predicted molar refractivity (Wildman–Crippen MR) is 279 cm³/mol. The van der Waals surface area contributed by atoms with Gasteiger partial charge in [0.05, 0.1) is 10.5 Å². The zero-order valence-corrected chi connectivity index (χ0v) is 44.5. The van der Waals surface area contributed by atoms with Gasteiger partial charge in [-0.25, -0.2) is 0 Å². The molecule has 2 fully saturated rings. The minimum absolute atomic E-state index is 0.00993. The number of hydrogen-bond donors (Lipinski definition) is 6. The number of aliphatic hydroxyl groups excluding tert-OH is 1. The molecule has 402 valence electrons. The minimum Gasteiger partial charge on any atom is -0.502 e. The number of carbonyl (C=O) groups excluding carboxylic acids is 7. The summed E-state index contributed by atoms with van der Waals surface area (Å²) in [7, 11) is 2.78. The molecule has 0 aliphatic carbocycles. The second kappa shape index (κ2) is 24.3. The van der Waals surface area contributed by atoms with Crippen molar-refractivity contribution in [1.82, 2.24) is 40.5 Å². The van der Waals surface area contributed by atoms with E-state index in [9.17, 15) is 49.1 Å². The number of hydrogen-bond acceptors (Lipinski definition) is 11. The molecule has 6 N–H and O–H groups in total. The van der Waals surface area contributed by atoms with Crippen LogP contribution >= 0.6 is 0 Å². The van der Waals surface area contributed by atoms with Gasteiger partial charge in [0.2, 0.25) is 41.4 Å². The zero-order valence-electron chi connectivity index (χ0n) is 44.5. The highest BCUT2D eigenvalue weighted by Gasteiger charge is 2.48. The van der Waals surface area contributed by atoms with E-state index in [0.717, 1.165) is 32.8 Å². The van der Waals surface area contributed by atoms with Crippen LogP contribution in [0, 0.1) is 27.9 Å². The maximum Gasteiger partial charge on any atom is 0.310 e. The lowest BCUT2D eigenvalue weighted by molar-refractivity contribution is -0.385. The molecule has 2 aliphatic rings. The lowest BCUT2D eigenvalue weighted by Gasteiger charge is -2.46. The third-order valence-corrected chi connectivity index (χ3v) is 14.1. The number of nitrogens with zero attached hydrogens (tertiary/aromatic N) is 5. The molecule has 1 aromatic heterocycles. The number of aromatic hydroxyl groups is 1. The van der Waals surface area contributed by atoms with Crippen molar-refractivity contribution in [3.05, 3.63) is 94.7 Å². The molecule has 0 unspecified atom stereocenters. The topological polar surface area (TPSA) is 266 Å². The molecule has 3 aromatic rings. The van der Waals surface area contributed by atoms with E-state index >= 15 is 4.79 Å². The highest BCUT2D eigenvalue weighted by atomic mass is 16.6. The molecule has 0 radical (unpaired) electrons. The van der Waals surface area contributed by atoms with E-state index in [1.54, 1.807) is 32.1 Å². The fourth-order valence-corrected chi connectivity index (χ4v) is 9.74. The fraction of sp³-hybridized carbons (Fsp3) is 0.537. The van der Waals surface area contributed by atoms with Gasteiger partial charge in [0.25, 0.3) is 0 Å². The van der Waals surface area contributed by atoms with Crippen LogP contribution in [0.4, 0.5) is 5.69 Å². The Bertz CT molecular complexity index is 2640. The molecule has 2 bridgehead atoms. The summed E-state index contributed by atoms with van der Waals surface area (Å²) in [5, 5.41) is 45.8. The largest absolute Gasteiger partial charge is 0.502 e. The smallest absolute Gasteiger partial charge is 0.310 e. The molecule has 74 heavy (non-hydrogen) atoms.